The summed E-state index contributed by atoms with van der Waals surface area (Å²) >= 11 is 10.8. The lowest BCUT2D eigenvalue weighted by Crippen LogP contribution is -2.22. The number of rotatable bonds is 2. The monoisotopic (exact) mass is 371 g/mol. The van der Waals surface area contributed by atoms with E-state index in [9.17, 15) is 4.79 Å². The number of fused-ring (bicyclic) bond motifs is 1. The Labute approximate surface area is 133 Å². The molecule has 4 nitrogen and oxygen atoms in total. The lowest BCUT2D eigenvalue weighted by molar-refractivity contribution is 0.102. The molecular weight excluding hydrogens is 362 g/mol. The summed E-state index contributed by atoms with van der Waals surface area (Å²) in [6, 6.07) is 5.13. The Kier molecular flexibility index (Phi) is 4.07. The summed E-state index contributed by atoms with van der Waals surface area (Å²) in [7, 11) is 0. The maximum atomic E-state index is 12.3. The van der Waals surface area contributed by atoms with Crippen molar-refractivity contribution in [3.05, 3.63) is 43.8 Å². The zero-order valence-electron chi connectivity index (χ0n) is 10.4. The van der Waals surface area contributed by atoms with E-state index in [1.807, 2.05) is 0 Å². The van der Waals surface area contributed by atoms with Crippen LogP contribution in [0, 0.1) is 0 Å². The first-order chi connectivity index (χ1) is 9.63. The molecule has 1 aliphatic rings. The van der Waals surface area contributed by atoms with E-state index in [2.05, 4.69) is 31.5 Å². The van der Waals surface area contributed by atoms with Crippen molar-refractivity contribution in [3.63, 3.8) is 0 Å². The largest absolute Gasteiger partial charge is 0.311 e. The lowest BCUT2D eigenvalue weighted by Gasteiger charge is -2.09. The molecule has 0 fully saturated rings. The fourth-order valence-electron chi connectivity index (χ4n) is 2.01. The van der Waals surface area contributed by atoms with Crippen molar-refractivity contribution in [2.24, 2.45) is 0 Å². The highest BCUT2D eigenvalue weighted by molar-refractivity contribution is 9.10. The van der Waals surface area contributed by atoms with Gasteiger partial charge in [0.25, 0.3) is 5.91 Å². The van der Waals surface area contributed by atoms with E-state index < -0.39 is 0 Å². The number of halogens is 2. The van der Waals surface area contributed by atoms with Gasteiger partial charge in [0, 0.05) is 33.9 Å². The predicted molar refractivity (Wildman–Crippen MR) is 84.6 cm³/mol. The van der Waals surface area contributed by atoms with Gasteiger partial charge < -0.3 is 5.32 Å². The smallest absolute Gasteiger partial charge is 0.258 e. The summed E-state index contributed by atoms with van der Waals surface area (Å²) in [4.78, 5) is 17.9. The number of benzene rings is 1. The van der Waals surface area contributed by atoms with Gasteiger partial charge in [0.15, 0.2) is 5.13 Å². The number of thiazole rings is 1. The molecule has 20 heavy (non-hydrogen) atoms. The molecule has 0 atom stereocenters. The maximum absolute atomic E-state index is 12.3. The molecule has 1 aromatic carbocycles. The third-order valence-electron chi connectivity index (χ3n) is 3.00. The van der Waals surface area contributed by atoms with Crippen molar-refractivity contribution in [3.8, 4) is 0 Å². The van der Waals surface area contributed by atoms with E-state index in [0.717, 1.165) is 25.2 Å². The maximum Gasteiger partial charge on any atom is 0.258 e. The average Bonchev–Trinajstić information content (AvgIpc) is 2.83. The van der Waals surface area contributed by atoms with Crippen molar-refractivity contribution in [2.45, 2.75) is 13.0 Å². The highest BCUT2D eigenvalue weighted by atomic mass is 79.9. The molecule has 7 heteroatoms. The summed E-state index contributed by atoms with van der Waals surface area (Å²) in [5.74, 6) is -0.210. The van der Waals surface area contributed by atoms with Gasteiger partial charge in [-0.1, -0.05) is 11.6 Å². The van der Waals surface area contributed by atoms with Crippen LogP contribution in [0.5, 0.6) is 0 Å². The molecule has 0 radical (unpaired) electrons. The molecule has 3 rings (SSSR count). The van der Waals surface area contributed by atoms with Gasteiger partial charge in [0.2, 0.25) is 0 Å². The minimum atomic E-state index is -0.210. The fourth-order valence-corrected chi connectivity index (χ4v) is 3.59. The molecule has 0 saturated heterocycles. The van der Waals surface area contributed by atoms with Crippen LogP contribution in [0.4, 0.5) is 5.13 Å². The van der Waals surface area contributed by atoms with Gasteiger partial charge in [-0.25, -0.2) is 4.98 Å². The number of hydrogen-bond donors (Lipinski definition) is 2. The van der Waals surface area contributed by atoms with Crippen molar-refractivity contribution in [1.82, 2.24) is 10.3 Å². The third kappa shape index (κ3) is 2.88. The summed E-state index contributed by atoms with van der Waals surface area (Å²) in [6.45, 7) is 1.76. The van der Waals surface area contributed by atoms with Crippen LogP contribution in [0.3, 0.4) is 0 Å². The SMILES string of the molecule is O=C(Nc1nc2c(s1)CNCC2)c1cc(Cl)ccc1Br. The van der Waals surface area contributed by atoms with Gasteiger partial charge in [-0.2, -0.15) is 0 Å². The molecule has 2 heterocycles. The Morgan fingerprint density at radius 1 is 1.50 bits per heavy atom. The summed E-state index contributed by atoms with van der Waals surface area (Å²) in [5, 5.41) is 7.29. The van der Waals surface area contributed by atoms with Crippen LogP contribution >= 0.6 is 38.9 Å². The summed E-state index contributed by atoms with van der Waals surface area (Å²) < 4.78 is 0.711. The van der Waals surface area contributed by atoms with Gasteiger partial charge in [0.1, 0.15) is 0 Å². The Balaban J connectivity index is 1.82. The number of hydrogen-bond acceptors (Lipinski definition) is 4. The van der Waals surface area contributed by atoms with Crippen LogP contribution in [-0.2, 0) is 13.0 Å². The number of anilines is 1. The Bertz CT molecular complexity index is 650. The number of carbonyl (C=O) groups excluding carboxylic acids is 1. The molecule has 1 amide bonds. The van der Waals surface area contributed by atoms with Crippen LogP contribution in [0.1, 0.15) is 20.9 Å². The zero-order chi connectivity index (χ0) is 14.1. The molecule has 0 aliphatic carbocycles. The van der Waals surface area contributed by atoms with Crippen LogP contribution in [0.15, 0.2) is 22.7 Å². The number of nitrogens with zero attached hydrogens (tertiary/aromatic N) is 1. The Morgan fingerprint density at radius 2 is 2.35 bits per heavy atom. The Morgan fingerprint density at radius 3 is 3.15 bits per heavy atom. The second-order valence-corrected chi connectivity index (χ2v) is 6.77. The van der Waals surface area contributed by atoms with Crippen molar-refractivity contribution >= 4 is 49.9 Å². The second kappa shape index (κ2) is 5.81. The second-order valence-electron chi connectivity index (χ2n) is 4.39. The van der Waals surface area contributed by atoms with E-state index >= 15 is 0 Å². The number of nitrogens with one attached hydrogen (secondary N) is 2. The topological polar surface area (TPSA) is 54.0 Å². The van der Waals surface area contributed by atoms with E-state index in [1.165, 1.54) is 16.2 Å². The zero-order valence-corrected chi connectivity index (χ0v) is 13.5. The molecule has 1 aliphatic heterocycles. The molecule has 2 aromatic rings. The predicted octanol–water partition coefficient (Wildman–Crippen LogP) is 3.46. The fraction of sp³-hybridized carbons (Fsp3) is 0.231. The highest BCUT2D eigenvalue weighted by Gasteiger charge is 2.17. The minimum absolute atomic E-state index is 0.210. The minimum Gasteiger partial charge on any atom is -0.311 e. The van der Waals surface area contributed by atoms with E-state index in [-0.39, 0.29) is 5.91 Å². The molecule has 2 N–H and O–H groups in total. The number of carbonyl (C=O) groups is 1. The number of aromatic nitrogens is 1. The summed E-state index contributed by atoms with van der Waals surface area (Å²) in [6.07, 6.45) is 0.905. The highest BCUT2D eigenvalue weighted by Crippen LogP contribution is 2.27. The molecule has 0 bridgehead atoms. The molecule has 0 unspecified atom stereocenters. The van der Waals surface area contributed by atoms with Gasteiger partial charge in [-0.3, -0.25) is 10.1 Å². The first-order valence-electron chi connectivity index (χ1n) is 6.09. The van der Waals surface area contributed by atoms with Gasteiger partial charge in [-0.05, 0) is 34.1 Å². The van der Waals surface area contributed by atoms with E-state index in [4.69, 9.17) is 11.6 Å². The number of amides is 1. The first kappa shape index (κ1) is 14.0. The van der Waals surface area contributed by atoms with Gasteiger partial charge in [0.05, 0.1) is 11.3 Å². The van der Waals surface area contributed by atoms with E-state index in [1.54, 1.807) is 18.2 Å². The van der Waals surface area contributed by atoms with Gasteiger partial charge >= 0.3 is 0 Å². The van der Waals surface area contributed by atoms with Crippen molar-refractivity contribution in [2.75, 3.05) is 11.9 Å². The normalized spacial score (nSPS) is 13.9. The van der Waals surface area contributed by atoms with Crippen LogP contribution in [0.2, 0.25) is 5.02 Å². The van der Waals surface area contributed by atoms with Gasteiger partial charge in [-0.15, -0.1) is 11.3 Å². The Hall–Kier alpha value is -0.950. The average molecular weight is 373 g/mol. The van der Waals surface area contributed by atoms with Crippen LogP contribution < -0.4 is 10.6 Å². The van der Waals surface area contributed by atoms with E-state index in [0.29, 0.717) is 20.2 Å². The molecule has 104 valence electrons. The third-order valence-corrected chi connectivity index (χ3v) is 4.94. The molecule has 0 saturated carbocycles. The quantitative estimate of drug-likeness (QED) is 0.849. The molecule has 0 spiro atoms. The molecular formula is C13H11BrClN3OS. The lowest BCUT2D eigenvalue weighted by atomic mass is 10.2. The standard InChI is InChI=1S/C13H11BrClN3OS/c14-9-2-1-7(15)5-8(9)12(19)18-13-17-10-3-4-16-6-11(10)20-13/h1-2,5,16H,3-4,6H2,(H,17,18,19). The van der Waals surface area contributed by atoms with Crippen molar-refractivity contribution < 1.29 is 4.79 Å². The van der Waals surface area contributed by atoms with Crippen molar-refractivity contribution in [1.29, 1.82) is 0 Å². The van der Waals surface area contributed by atoms with Crippen LogP contribution in [0.25, 0.3) is 0 Å². The molecule has 1 aromatic heterocycles. The summed E-state index contributed by atoms with van der Waals surface area (Å²) in [5.41, 5.74) is 1.58. The van der Waals surface area contributed by atoms with Crippen LogP contribution in [-0.4, -0.2) is 17.4 Å². The first-order valence-corrected chi connectivity index (χ1v) is 8.08.